The minimum Gasteiger partial charge on any atom is -0.490 e. The molecule has 5 nitrogen and oxygen atoms in total. The third-order valence-corrected chi connectivity index (χ3v) is 8.55. The monoisotopic (exact) mass is 561 g/mol. The summed E-state index contributed by atoms with van der Waals surface area (Å²) in [5.74, 6) is 1.22. The van der Waals surface area contributed by atoms with Crippen LogP contribution in [-0.2, 0) is 22.7 Å². The van der Waals surface area contributed by atoms with Crippen molar-refractivity contribution in [1.29, 1.82) is 0 Å². The second-order valence-electron chi connectivity index (χ2n) is 11.7. The highest BCUT2D eigenvalue weighted by Crippen LogP contribution is 2.50. The number of allylic oxidation sites excluding steroid dienone is 4. The predicted octanol–water partition coefficient (Wildman–Crippen LogP) is 7.89. The largest absolute Gasteiger partial charge is 0.490 e. The van der Waals surface area contributed by atoms with E-state index < -0.39 is 0 Å². The fraction of sp³-hybridized carbons (Fsp3) is 0.351. The first-order valence-corrected chi connectivity index (χ1v) is 15.2. The highest BCUT2D eigenvalue weighted by molar-refractivity contribution is 6.06. The molecule has 5 heteroatoms. The van der Waals surface area contributed by atoms with E-state index in [4.69, 9.17) is 9.47 Å². The molecule has 0 N–H and O–H groups in total. The van der Waals surface area contributed by atoms with Gasteiger partial charge in [-0.2, -0.15) is 0 Å². The maximum atomic E-state index is 13.7. The molecule has 0 spiro atoms. The number of benzene rings is 3. The Balaban J connectivity index is 1.41. The lowest BCUT2D eigenvalue weighted by molar-refractivity contribution is -0.117. The molecule has 1 heterocycles. The van der Waals surface area contributed by atoms with Gasteiger partial charge in [-0.3, -0.25) is 9.59 Å². The predicted molar refractivity (Wildman–Crippen MR) is 164 cm³/mol. The van der Waals surface area contributed by atoms with Crippen molar-refractivity contribution in [3.63, 3.8) is 0 Å². The Labute approximate surface area is 248 Å². The number of carbonyl (C=O) groups excluding carboxylic acids is 2. The summed E-state index contributed by atoms with van der Waals surface area (Å²) in [6, 6.07) is 22.7. The summed E-state index contributed by atoms with van der Waals surface area (Å²) >= 11 is 0. The van der Waals surface area contributed by atoms with Gasteiger partial charge in [0.05, 0.1) is 6.61 Å². The van der Waals surface area contributed by atoms with Crippen molar-refractivity contribution in [2.45, 2.75) is 78.4 Å². The van der Waals surface area contributed by atoms with Gasteiger partial charge in [0.1, 0.15) is 6.61 Å². The highest BCUT2D eigenvalue weighted by Gasteiger charge is 2.43. The molecular weight excluding hydrogens is 522 g/mol. The van der Waals surface area contributed by atoms with Crippen molar-refractivity contribution >= 4 is 11.6 Å². The number of carbonyl (C=O) groups is 2. The average molecular weight is 562 g/mol. The topological polar surface area (TPSA) is 55.8 Å². The van der Waals surface area contributed by atoms with Crippen LogP contribution in [0.25, 0.3) is 0 Å². The number of ether oxygens (including phenoxy) is 2. The average Bonchev–Trinajstić information content (AvgIpc) is 2.97. The Bertz CT molecular complexity index is 1520. The molecule has 0 radical (unpaired) electrons. The number of hydrogen-bond acceptors (Lipinski definition) is 5. The number of rotatable bonds is 8. The Morgan fingerprint density at radius 1 is 0.714 bits per heavy atom. The van der Waals surface area contributed by atoms with E-state index in [1.807, 2.05) is 43.3 Å². The van der Waals surface area contributed by atoms with Gasteiger partial charge in [0.2, 0.25) is 0 Å². The molecule has 6 rings (SSSR count). The van der Waals surface area contributed by atoms with Gasteiger partial charge in [-0.05, 0) is 75.3 Å². The van der Waals surface area contributed by atoms with Gasteiger partial charge in [-0.25, -0.2) is 0 Å². The fourth-order valence-electron chi connectivity index (χ4n) is 6.91. The van der Waals surface area contributed by atoms with Crippen LogP contribution < -0.4 is 9.47 Å². The zero-order valence-corrected chi connectivity index (χ0v) is 24.9. The van der Waals surface area contributed by atoms with Gasteiger partial charge in [-0.15, -0.1) is 0 Å². The first-order chi connectivity index (χ1) is 20.4. The molecule has 0 fully saturated rings. The SMILES string of the molecule is CCOc1cc(C2C3=C(CCCC3=O)N(Cc3ccccc3)C3=C2C(=O)CCC3)ccc1OCc1cc(C)cc(C)c1. The number of nitrogens with zero attached hydrogens (tertiary/aromatic N) is 1. The van der Waals surface area contributed by atoms with E-state index in [1.165, 1.54) is 16.7 Å². The van der Waals surface area contributed by atoms with Gasteiger partial charge in [0, 0.05) is 47.8 Å². The zero-order valence-electron chi connectivity index (χ0n) is 24.9. The molecule has 216 valence electrons. The van der Waals surface area contributed by atoms with Crippen molar-refractivity contribution < 1.29 is 19.1 Å². The maximum Gasteiger partial charge on any atom is 0.161 e. The molecule has 0 aromatic heterocycles. The van der Waals surface area contributed by atoms with E-state index in [2.05, 4.69) is 49.1 Å². The van der Waals surface area contributed by atoms with Crippen LogP contribution in [0.3, 0.4) is 0 Å². The molecule has 0 unspecified atom stereocenters. The van der Waals surface area contributed by atoms with Crippen molar-refractivity contribution in [1.82, 2.24) is 4.90 Å². The highest BCUT2D eigenvalue weighted by atomic mass is 16.5. The van der Waals surface area contributed by atoms with Gasteiger partial charge in [0.25, 0.3) is 0 Å². The molecular formula is C37H39NO4. The first kappa shape index (κ1) is 28.0. The fourth-order valence-corrected chi connectivity index (χ4v) is 6.91. The number of aryl methyl sites for hydroxylation is 2. The van der Waals surface area contributed by atoms with Crippen molar-refractivity contribution in [2.24, 2.45) is 0 Å². The smallest absolute Gasteiger partial charge is 0.161 e. The van der Waals surface area contributed by atoms with Gasteiger partial charge in [0.15, 0.2) is 23.1 Å². The summed E-state index contributed by atoms with van der Waals surface area (Å²) < 4.78 is 12.4. The third kappa shape index (κ3) is 5.53. The van der Waals surface area contributed by atoms with E-state index in [-0.39, 0.29) is 17.5 Å². The normalized spacial score (nSPS) is 17.4. The van der Waals surface area contributed by atoms with Gasteiger partial charge in [-0.1, -0.05) is 65.7 Å². The minimum absolute atomic E-state index is 0.150. The van der Waals surface area contributed by atoms with E-state index in [9.17, 15) is 9.59 Å². The third-order valence-electron chi connectivity index (χ3n) is 8.55. The lowest BCUT2D eigenvalue weighted by Gasteiger charge is -2.44. The summed E-state index contributed by atoms with van der Waals surface area (Å²) in [5.41, 5.74) is 9.36. The molecule has 3 aromatic rings. The summed E-state index contributed by atoms with van der Waals surface area (Å²) in [6.07, 6.45) is 4.38. The van der Waals surface area contributed by atoms with Crippen molar-refractivity contribution in [2.75, 3.05) is 6.61 Å². The molecule has 3 aromatic carbocycles. The molecule has 0 atom stereocenters. The van der Waals surface area contributed by atoms with Crippen LogP contribution in [0.4, 0.5) is 0 Å². The lowest BCUT2D eigenvalue weighted by Crippen LogP contribution is -2.38. The molecule has 2 aliphatic carbocycles. The van der Waals surface area contributed by atoms with Crippen LogP contribution in [0.5, 0.6) is 11.5 Å². The number of hydrogen-bond donors (Lipinski definition) is 0. The maximum absolute atomic E-state index is 13.7. The Hall–Kier alpha value is -4.12. The number of ketones is 2. The Morgan fingerprint density at radius 2 is 1.36 bits per heavy atom. The van der Waals surface area contributed by atoms with Gasteiger partial charge < -0.3 is 14.4 Å². The zero-order chi connectivity index (χ0) is 29.2. The quantitative estimate of drug-likeness (QED) is 0.280. The summed E-state index contributed by atoms with van der Waals surface area (Å²) in [5, 5.41) is 0. The lowest BCUT2D eigenvalue weighted by atomic mass is 9.71. The van der Waals surface area contributed by atoms with Crippen LogP contribution in [0.15, 0.2) is 89.3 Å². The summed E-state index contributed by atoms with van der Waals surface area (Å²) in [7, 11) is 0. The first-order valence-electron chi connectivity index (χ1n) is 15.2. The molecule has 0 saturated heterocycles. The van der Waals surface area contributed by atoms with Crippen LogP contribution in [0, 0.1) is 13.8 Å². The van der Waals surface area contributed by atoms with E-state index in [0.717, 1.165) is 59.4 Å². The standard InChI is InChI=1S/C37H39NO4/c1-4-41-34-21-28(16-17-33(34)42-23-27-19-24(2)18-25(3)20-27)35-36-29(12-8-14-31(36)39)38(22-26-10-6-5-7-11-26)30-13-9-15-32(40)37(30)35/h5-7,10-11,16-21,35H,4,8-9,12-15,22-23H2,1-3H3. The van der Waals surface area contributed by atoms with Crippen LogP contribution >= 0.6 is 0 Å². The van der Waals surface area contributed by atoms with Crippen LogP contribution in [0.2, 0.25) is 0 Å². The van der Waals surface area contributed by atoms with Crippen molar-refractivity contribution in [3.8, 4) is 11.5 Å². The molecule has 0 saturated carbocycles. The van der Waals surface area contributed by atoms with Crippen molar-refractivity contribution in [3.05, 3.63) is 117 Å². The molecule has 0 amide bonds. The number of Topliss-reactive ketones (excluding diaryl/α,β-unsaturated/α-hetero) is 2. The Kier molecular flexibility index (Phi) is 8.01. The molecule has 42 heavy (non-hydrogen) atoms. The second kappa shape index (κ2) is 12.0. The summed E-state index contributed by atoms with van der Waals surface area (Å²) in [4.78, 5) is 29.7. The van der Waals surface area contributed by atoms with E-state index in [1.54, 1.807) is 0 Å². The molecule has 0 bridgehead atoms. The second-order valence-corrected chi connectivity index (χ2v) is 11.7. The van der Waals surface area contributed by atoms with E-state index >= 15 is 0 Å². The molecule has 3 aliphatic rings. The minimum atomic E-state index is -0.379. The van der Waals surface area contributed by atoms with Gasteiger partial charge >= 0.3 is 0 Å². The van der Waals surface area contributed by atoms with Crippen LogP contribution in [-0.4, -0.2) is 23.1 Å². The summed E-state index contributed by atoms with van der Waals surface area (Å²) in [6.45, 7) is 7.72. The Morgan fingerprint density at radius 3 is 1.98 bits per heavy atom. The van der Waals surface area contributed by atoms with E-state index in [0.29, 0.717) is 44.1 Å². The van der Waals surface area contributed by atoms with Crippen LogP contribution in [0.1, 0.15) is 79.2 Å². The molecule has 1 aliphatic heterocycles.